The lowest BCUT2D eigenvalue weighted by Crippen LogP contribution is -2.56. The number of halogens is 2. The van der Waals surface area contributed by atoms with Crippen LogP contribution in [0.1, 0.15) is 44.9 Å². The zero-order valence-corrected chi connectivity index (χ0v) is 16.0. The molecule has 2 heterocycles. The van der Waals surface area contributed by atoms with Gasteiger partial charge in [0.25, 0.3) is 0 Å². The molecule has 25 heavy (non-hydrogen) atoms. The first-order valence-corrected chi connectivity index (χ1v) is 10.3. The molecule has 6 unspecified atom stereocenters. The minimum absolute atomic E-state index is 0.0142. The fourth-order valence-electron chi connectivity index (χ4n) is 3.87. The summed E-state index contributed by atoms with van der Waals surface area (Å²) >= 11 is 12.4. The molecule has 3 N–H and O–H groups in total. The molecule has 1 aliphatic carbocycles. The average Bonchev–Trinajstić information content (AvgIpc) is 3.13. The standard InChI is InChI=1S/C17H29Cl2N3O3/c18-11-3-4-12(13(19)10-11)17(23)20-7-9-25-16-6-5-14(21-22-16)15-2-1-8-24-15/h11-16,21-22H,1-10H2,(H,20,23). The third kappa shape index (κ3) is 5.68. The number of hydrogen-bond donors (Lipinski definition) is 3. The van der Waals surface area contributed by atoms with Gasteiger partial charge in [0.2, 0.25) is 5.91 Å². The van der Waals surface area contributed by atoms with Crippen LogP contribution >= 0.6 is 23.2 Å². The summed E-state index contributed by atoms with van der Waals surface area (Å²) in [5, 5.41) is 2.86. The van der Waals surface area contributed by atoms with Crippen LogP contribution in [0.15, 0.2) is 0 Å². The molecule has 3 aliphatic rings. The topological polar surface area (TPSA) is 71.6 Å². The highest BCUT2D eigenvalue weighted by Crippen LogP contribution is 2.31. The van der Waals surface area contributed by atoms with Crippen LogP contribution in [0.2, 0.25) is 0 Å². The number of nitrogens with one attached hydrogen (secondary N) is 3. The van der Waals surface area contributed by atoms with E-state index in [1.165, 1.54) is 0 Å². The second-order valence-corrected chi connectivity index (χ2v) is 8.39. The summed E-state index contributed by atoms with van der Waals surface area (Å²) in [4.78, 5) is 12.2. The van der Waals surface area contributed by atoms with E-state index in [4.69, 9.17) is 32.7 Å². The van der Waals surface area contributed by atoms with Crippen LogP contribution < -0.4 is 16.2 Å². The number of carbonyl (C=O) groups is 1. The molecule has 8 heteroatoms. The molecule has 3 fully saturated rings. The van der Waals surface area contributed by atoms with Gasteiger partial charge in [-0.05, 0) is 44.9 Å². The molecule has 1 amide bonds. The minimum atomic E-state index is -0.170. The lowest BCUT2D eigenvalue weighted by atomic mass is 9.88. The van der Waals surface area contributed by atoms with Crippen molar-refractivity contribution in [2.75, 3.05) is 19.8 Å². The molecule has 0 radical (unpaired) electrons. The highest BCUT2D eigenvalue weighted by Gasteiger charge is 2.33. The maximum Gasteiger partial charge on any atom is 0.224 e. The van der Waals surface area contributed by atoms with Crippen molar-refractivity contribution in [3.05, 3.63) is 0 Å². The molecule has 3 rings (SSSR count). The van der Waals surface area contributed by atoms with Gasteiger partial charge in [0.1, 0.15) is 6.23 Å². The number of hydrogen-bond acceptors (Lipinski definition) is 5. The second kappa shape index (κ2) is 9.72. The van der Waals surface area contributed by atoms with Crippen LogP contribution in [-0.2, 0) is 14.3 Å². The predicted octanol–water partition coefficient (Wildman–Crippen LogP) is 1.90. The van der Waals surface area contributed by atoms with Crippen molar-refractivity contribution in [2.45, 2.75) is 74.1 Å². The Balaban J connectivity index is 1.27. The Morgan fingerprint density at radius 1 is 1.16 bits per heavy atom. The molecule has 6 atom stereocenters. The van der Waals surface area contributed by atoms with E-state index in [0.29, 0.717) is 31.7 Å². The molecule has 0 bridgehead atoms. The Bertz CT molecular complexity index is 429. The van der Waals surface area contributed by atoms with Crippen LogP contribution in [0.4, 0.5) is 0 Å². The average molecular weight is 394 g/mol. The van der Waals surface area contributed by atoms with Crippen LogP contribution in [0.25, 0.3) is 0 Å². The summed E-state index contributed by atoms with van der Waals surface area (Å²) < 4.78 is 11.5. The molecule has 2 aliphatic heterocycles. The molecular weight excluding hydrogens is 365 g/mol. The van der Waals surface area contributed by atoms with Crippen molar-refractivity contribution < 1.29 is 14.3 Å². The maximum absolute atomic E-state index is 12.2. The first kappa shape index (κ1) is 19.6. The van der Waals surface area contributed by atoms with Gasteiger partial charge in [-0.2, -0.15) is 0 Å². The number of hydrazine groups is 1. The van der Waals surface area contributed by atoms with Gasteiger partial charge in [-0.1, -0.05) is 0 Å². The normalized spacial score (nSPS) is 39.3. The molecule has 0 aromatic rings. The first-order chi connectivity index (χ1) is 12.1. The largest absolute Gasteiger partial charge is 0.377 e. The molecule has 0 aromatic carbocycles. The highest BCUT2D eigenvalue weighted by molar-refractivity contribution is 6.24. The fourth-order valence-corrected chi connectivity index (χ4v) is 4.73. The second-order valence-electron chi connectivity index (χ2n) is 7.21. The third-order valence-electron chi connectivity index (χ3n) is 5.35. The summed E-state index contributed by atoms with van der Waals surface area (Å²) in [7, 11) is 0. The van der Waals surface area contributed by atoms with Crippen molar-refractivity contribution >= 4 is 29.1 Å². The lowest BCUT2D eigenvalue weighted by Gasteiger charge is -2.33. The Morgan fingerprint density at radius 2 is 2.04 bits per heavy atom. The van der Waals surface area contributed by atoms with E-state index < -0.39 is 0 Å². The molecule has 2 saturated heterocycles. The van der Waals surface area contributed by atoms with Crippen molar-refractivity contribution in [1.29, 1.82) is 0 Å². The maximum atomic E-state index is 12.2. The van der Waals surface area contributed by atoms with Crippen molar-refractivity contribution in [2.24, 2.45) is 5.92 Å². The Morgan fingerprint density at radius 3 is 2.72 bits per heavy atom. The Kier molecular flexibility index (Phi) is 7.64. The van der Waals surface area contributed by atoms with Gasteiger partial charge in [-0.25, -0.2) is 10.9 Å². The Labute approximate surface area is 159 Å². The van der Waals surface area contributed by atoms with E-state index in [1.54, 1.807) is 0 Å². The van der Waals surface area contributed by atoms with Gasteiger partial charge in [0, 0.05) is 29.9 Å². The fraction of sp³-hybridized carbons (Fsp3) is 0.941. The van der Waals surface area contributed by atoms with Crippen molar-refractivity contribution in [3.63, 3.8) is 0 Å². The SMILES string of the molecule is O=C(NCCOC1CCC(C2CCCO2)NN1)C1CCC(Cl)CC1Cl. The molecular formula is C17H29Cl2N3O3. The number of carbonyl (C=O) groups excluding carboxylic acids is 1. The van der Waals surface area contributed by atoms with E-state index in [1.807, 2.05) is 0 Å². The molecule has 0 spiro atoms. The zero-order valence-electron chi connectivity index (χ0n) is 14.5. The quantitative estimate of drug-likeness (QED) is 0.474. The summed E-state index contributed by atoms with van der Waals surface area (Å²) in [5.74, 6) is -0.126. The van der Waals surface area contributed by atoms with Gasteiger partial charge in [0.05, 0.1) is 18.6 Å². The van der Waals surface area contributed by atoms with Crippen molar-refractivity contribution in [3.8, 4) is 0 Å². The van der Waals surface area contributed by atoms with Gasteiger partial charge < -0.3 is 14.8 Å². The van der Waals surface area contributed by atoms with Crippen LogP contribution in [-0.4, -0.2) is 54.8 Å². The lowest BCUT2D eigenvalue weighted by molar-refractivity contribution is -0.126. The summed E-state index contributed by atoms with van der Waals surface area (Å²) in [6.07, 6.45) is 6.85. The monoisotopic (exact) mass is 393 g/mol. The van der Waals surface area contributed by atoms with Gasteiger partial charge in [0.15, 0.2) is 0 Å². The van der Waals surface area contributed by atoms with Gasteiger partial charge >= 0.3 is 0 Å². The third-order valence-corrected chi connectivity index (χ3v) is 6.23. The van der Waals surface area contributed by atoms with E-state index in [0.717, 1.165) is 45.1 Å². The molecule has 144 valence electrons. The van der Waals surface area contributed by atoms with E-state index >= 15 is 0 Å². The number of amides is 1. The Hall–Kier alpha value is -0.110. The number of alkyl halides is 2. The van der Waals surface area contributed by atoms with Gasteiger partial charge in [-0.3, -0.25) is 4.79 Å². The van der Waals surface area contributed by atoms with Crippen LogP contribution in [0.3, 0.4) is 0 Å². The molecule has 0 aromatic heterocycles. The summed E-state index contributed by atoms with van der Waals surface area (Å²) in [5.41, 5.74) is 6.51. The van der Waals surface area contributed by atoms with E-state index in [9.17, 15) is 4.79 Å². The highest BCUT2D eigenvalue weighted by atomic mass is 35.5. The first-order valence-electron chi connectivity index (χ1n) is 9.43. The van der Waals surface area contributed by atoms with Crippen LogP contribution in [0.5, 0.6) is 0 Å². The minimum Gasteiger partial charge on any atom is -0.377 e. The summed E-state index contributed by atoms with van der Waals surface area (Å²) in [6.45, 7) is 1.85. The van der Waals surface area contributed by atoms with E-state index in [2.05, 4.69) is 16.2 Å². The molecule has 1 saturated carbocycles. The summed E-state index contributed by atoms with van der Waals surface area (Å²) in [6, 6.07) is 0.361. The smallest absolute Gasteiger partial charge is 0.224 e. The molecule has 6 nitrogen and oxygen atoms in total. The number of rotatable bonds is 6. The predicted molar refractivity (Wildman–Crippen MR) is 97.6 cm³/mol. The van der Waals surface area contributed by atoms with E-state index in [-0.39, 0.29) is 28.8 Å². The van der Waals surface area contributed by atoms with Crippen LogP contribution in [0, 0.1) is 5.92 Å². The van der Waals surface area contributed by atoms with Gasteiger partial charge in [-0.15, -0.1) is 23.2 Å². The zero-order chi connectivity index (χ0) is 17.6. The van der Waals surface area contributed by atoms with Crippen molar-refractivity contribution in [1.82, 2.24) is 16.2 Å². The number of ether oxygens (including phenoxy) is 2.